The normalized spacial score (nSPS) is 11.7. The van der Waals surface area contributed by atoms with Crippen LogP contribution in [-0.4, -0.2) is 34.5 Å². The van der Waals surface area contributed by atoms with Crippen molar-refractivity contribution in [2.75, 3.05) is 34.5 Å². The largest absolute Gasteiger partial charge is 0.124 e. The first kappa shape index (κ1) is 53.3. The van der Waals surface area contributed by atoms with E-state index in [1.54, 1.807) is 29.4 Å². The minimum Gasteiger partial charge on any atom is -0.124 e. The van der Waals surface area contributed by atoms with Gasteiger partial charge in [-0.3, -0.25) is 0 Å². The maximum Gasteiger partial charge on any atom is 0.0368 e. The third-order valence-corrected chi connectivity index (χ3v) is 18.1. The Balaban J connectivity index is 3.73. The number of hydrogen-bond donors (Lipinski definition) is 0. The number of benzene rings is 1. The van der Waals surface area contributed by atoms with Gasteiger partial charge in [0.2, 0.25) is 0 Å². The summed E-state index contributed by atoms with van der Waals surface area (Å²) < 4.78 is 0. The second kappa shape index (κ2) is 41.1. The second-order valence-corrected chi connectivity index (χ2v) is 22.2. The molecule has 0 saturated carbocycles. The molecule has 0 aliphatic carbocycles. The van der Waals surface area contributed by atoms with E-state index in [4.69, 9.17) is 0 Å². The third kappa shape index (κ3) is 27.2. The highest BCUT2D eigenvalue weighted by atomic mass is 32.2. The number of hydrogen-bond acceptors (Lipinski definition) is 6. The molecular formula is C48H90S6. The summed E-state index contributed by atoms with van der Waals surface area (Å²) in [4.78, 5) is 10.2. The molecule has 1 aromatic rings. The summed E-state index contributed by atoms with van der Waals surface area (Å²) in [6, 6.07) is 0. The van der Waals surface area contributed by atoms with Crippen LogP contribution in [0.25, 0.3) is 0 Å². The van der Waals surface area contributed by atoms with Gasteiger partial charge >= 0.3 is 0 Å². The first-order valence-corrected chi connectivity index (χ1v) is 29.6. The maximum absolute atomic E-state index is 2.35. The molecule has 0 unspecified atom stereocenters. The SMILES string of the molecule is CCCCCCCSc1c(SCCCCCCC)c(SCCCCCCC)c(SCCCCCCC)c(SCCCCCCC)c1SCCCCCCC. The van der Waals surface area contributed by atoms with Gasteiger partial charge < -0.3 is 0 Å². The Morgan fingerprint density at radius 2 is 0.315 bits per heavy atom. The quantitative estimate of drug-likeness (QED) is 0.0471. The van der Waals surface area contributed by atoms with Crippen molar-refractivity contribution in [3.63, 3.8) is 0 Å². The van der Waals surface area contributed by atoms with Gasteiger partial charge in [-0.05, 0) is 73.0 Å². The maximum atomic E-state index is 2.35. The predicted octanol–water partition coefficient (Wildman–Crippen LogP) is 20.1. The van der Waals surface area contributed by atoms with E-state index < -0.39 is 0 Å². The molecule has 0 nitrogen and oxygen atoms in total. The molecule has 0 radical (unpaired) electrons. The van der Waals surface area contributed by atoms with E-state index in [-0.39, 0.29) is 0 Å². The van der Waals surface area contributed by atoms with Gasteiger partial charge in [0, 0.05) is 29.4 Å². The van der Waals surface area contributed by atoms with Crippen LogP contribution >= 0.6 is 70.6 Å². The Morgan fingerprint density at radius 1 is 0.185 bits per heavy atom. The first-order chi connectivity index (χ1) is 26.7. The molecule has 1 aromatic carbocycles. The third-order valence-electron chi connectivity index (χ3n) is 10.2. The molecule has 0 atom stereocenters. The van der Waals surface area contributed by atoms with Crippen LogP contribution in [0.1, 0.15) is 234 Å². The van der Waals surface area contributed by atoms with Crippen molar-refractivity contribution >= 4 is 70.6 Å². The average Bonchev–Trinajstić information content (AvgIpc) is 3.18. The van der Waals surface area contributed by atoms with Gasteiger partial charge in [-0.1, -0.05) is 196 Å². The van der Waals surface area contributed by atoms with E-state index in [0.717, 1.165) is 0 Å². The van der Waals surface area contributed by atoms with E-state index in [0.29, 0.717) is 0 Å². The minimum atomic E-state index is 1.28. The highest BCUT2D eigenvalue weighted by Crippen LogP contribution is 2.54. The summed E-state index contributed by atoms with van der Waals surface area (Å²) in [6.45, 7) is 14.1. The van der Waals surface area contributed by atoms with Crippen molar-refractivity contribution in [1.82, 2.24) is 0 Å². The molecular weight excluding hydrogens is 769 g/mol. The van der Waals surface area contributed by atoms with Crippen LogP contribution in [0.3, 0.4) is 0 Å². The van der Waals surface area contributed by atoms with E-state index in [9.17, 15) is 0 Å². The molecule has 54 heavy (non-hydrogen) atoms. The smallest absolute Gasteiger partial charge is 0.0368 e. The van der Waals surface area contributed by atoms with Gasteiger partial charge in [0.25, 0.3) is 0 Å². The Hall–Kier alpha value is 1.32. The van der Waals surface area contributed by atoms with Crippen LogP contribution in [0.15, 0.2) is 29.4 Å². The molecule has 0 aromatic heterocycles. The second-order valence-electron chi connectivity index (χ2n) is 15.6. The van der Waals surface area contributed by atoms with Gasteiger partial charge in [-0.2, -0.15) is 0 Å². The summed E-state index contributed by atoms with van der Waals surface area (Å²) in [5.74, 6) is 7.69. The van der Waals surface area contributed by atoms with E-state index in [1.807, 2.05) is 0 Å². The Kier molecular flexibility index (Phi) is 40.6. The topological polar surface area (TPSA) is 0 Å². The number of unbranched alkanes of at least 4 members (excludes halogenated alkanes) is 24. The molecule has 0 fully saturated rings. The Labute approximate surface area is 365 Å². The molecule has 0 amide bonds. The van der Waals surface area contributed by atoms with Crippen LogP contribution < -0.4 is 0 Å². The molecule has 0 bridgehead atoms. The highest BCUT2D eigenvalue weighted by molar-refractivity contribution is 8.06. The molecule has 0 aliphatic rings. The molecule has 318 valence electrons. The predicted molar refractivity (Wildman–Crippen MR) is 263 cm³/mol. The van der Waals surface area contributed by atoms with E-state index in [1.165, 1.54) is 227 Å². The van der Waals surface area contributed by atoms with Crippen molar-refractivity contribution in [3.8, 4) is 0 Å². The van der Waals surface area contributed by atoms with E-state index >= 15 is 0 Å². The van der Waals surface area contributed by atoms with Crippen LogP contribution in [-0.2, 0) is 0 Å². The fraction of sp³-hybridized carbons (Fsp3) is 0.875. The average molecular weight is 860 g/mol. The van der Waals surface area contributed by atoms with Crippen molar-refractivity contribution in [2.45, 2.75) is 264 Å². The Bertz CT molecular complexity index is 736. The summed E-state index contributed by atoms with van der Waals surface area (Å²) in [5, 5.41) is 0. The first-order valence-electron chi connectivity index (χ1n) is 23.7. The lowest BCUT2D eigenvalue weighted by molar-refractivity contribution is 0.657. The molecule has 0 aliphatic heterocycles. The molecule has 0 spiro atoms. The summed E-state index contributed by atoms with van der Waals surface area (Å²) in [7, 11) is 0. The van der Waals surface area contributed by atoms with Crippen molar-refractivity contribution in [1.29, 1.82) is 0 Å². The van der Waals surface area contributed by atoms with E-state index in [2.05, 4.69) is 112 Å². The number of rotatable bonds is 42. The lowest BCUT2D eigenvalue weighted by Crippen LogP contribution is -2.01. The molecule has 6 heteroatoms. The van der Waals surface area contributed by atoms with Crippen LogP contribution in [0, 0.1) is 0 Å². The molecule has 1 rings (SSSR count). The monoisotopic (exact) mass is 859 g/mol. The fourth-order valence-corrected chi connectivity index (χ4v) is 15.3. The Morgan fingerprint density at radius 3 is 0.444 bits per heavy atom. The minimum absolute atomic E-state index is 1.28. The molecule has 0 N–H and O–H groups in total. The standard InChI is InChI=1S/C48H90S6/c1-7-13-19-25-31-37-49-43-44(50-38-32-26-20-14-8-2)46(52-40-34-28-22-16-10-4)48(54-42-36-30-24-18-12-6)47(53-41-35-29-23-17-11-5)45(43)51-39-33-27-21-15-9-3/h7-42H2,1-6H3. The van der Waals surface area contributed by atoms with Gasteiger partial charge in [0.15, 0.2) is 0 Å². The fourth-order valence-electron chi connectivity index (χ4n) is 6.68. The summed E-state index contributed by atoms with van der Waals surface area (Å²) in [6.07, 6.45) is 41.3. The highest BCUT2D eigenvalue weighted by Gasteiger charge is 2.26. The van der Waals surface area contributed by atoms with Gasteiger partial charge in [-0.15, -0.1) is 70.6 Å². The zero-order chi connectivity index (χ0) is 39.2. The van der Waals surface area contributed by atoms with Crippen molar-refractivity contribution < 1.29 is 0 Å². The van der Waals surface area contributed by atoms with Crippen LogP contribution in [0.4, 0.5) is 0 Å². The summed E-state index contributed by atoms with van der Waals surface area (Å²) >= 11 is 13.6. The summed E-state index contributed by atoms with van der Waals surface area (Å²) in [5.41, 5.74) is 0. The zero-order valence-corrected chi connectivity index (χ0v) is 41.8. The van der Waals surface area contributed by atoms with Crippen LogP contribution in [0.5, 0.6) is 0 Å². The molecule has 0 heterocycles. The zero-order valence-electron chi connectivity index (χ0n) is 36.9. The van der Waals surface area contributed by atoms with Gasteiger partial charge in [-0.25, -0.2) is 0 Å². The van der Waals surface area contributed by atoms with Gasteiger partial charge in [0.05, 0.1) is 0 Å². The lowest BCUT2D eigenvalue weighted by atomic mass is 10.2. The van der Waals surface area contributed by atoms with Gasteiger partial charge in [0.1, 0.15) is 0 Å². The molecule has 0 saturated heterocycles. The number of thioether (sulfide) groups is 6. The van der Waals surface area contributed by atoms with Crippen molar-refractivity contribution in [2.24, 2.45) is 0 Å². The van der Waals surface area contributed by atoms with Crippen LogP contribution in [0.2, 0.25) is 0 Å². The van der Waals surface area contributed by atoms with Crippen molar-refractivity contribution in [3.05, 3.63) is 0 Å². The lowest BCUT2D eigenvalue weighted by Gasteiger charge is -2.25.